The van der Waals surface area contributed by atoms with Crippen LogP contribution >= 0.6 is 11.8 Å². The molecule has 0 saturated carbocycles. The smallest absolute Gasteiger partial charge is 0.282 e. The molecule has 0 saturated heterocycles. The van der Waals surface area contributed by atoms with Crippen molar-refractivity contribution in [2.24, 2.45) is 5.73 Å². The number of carbonyl (C=O) groups excluding carboxylic acids is 2. The molecule has 0 atom stereocenters. The van der Waals surface area contributed by atoms with Gasteiger partial charge in [0.05, 0.1) is 4.92 Å². The standard InChI is InChI=1S/C16H14FN3O4S/c1-8-12(17)5-9(15(18)21)6-13(8)19-16(22)11-7-10(25-2)3-4-14(11)20(23)24/h3-7H,1-2H3,(H2,18,21)(H,19,22). The zero-order valence-corrected chi connectivity index (χ0v) is 14.1. The number of halogens is 1. The highest BCUT2D eigenvalue weighted by Crippen LogP contribution is 2.27. The topological polar surface area (TPSA) is 115 Å². The maximum absolute atomic E-state index is 13.9. The van der Waals surface area contributed by atoms with E-state index < -0.39 is 22.6 Å². The number of nitro benzene ring substituents is 1. The second kappa shape index (κ2) is 7.31. The maximum Gasteiger partial charge on any atom is 0.282 e. The summed E-state index contributed by atoms with van der Waals surface area (Å²) in [4.78, 5) is 34.9. The molecule has 0 unspecified atom stereocenters. The van der Waals surface area contributed by atoms with E-state index in [1.54, 1.807) is 6.26 Å². The SMILES string of the molecule is CSc1ccc([N+](=O)[O-])c(C(=O)Nc2cc(C(N)=O)cc(F)c2C)c1. The van der Waals surface area contributed by atoms with Crippen molar-refractivity contribution in [1.29, 1.82) is 0 Å². The van der Waals surface area contributed by atoms with Gasteiger partial charge in [-0.25, -0.2) is 4.39 Å². The van der Waals surface area contributed by atoms with Crippen LogP contribution in [0, 0.1) is 22.9 Å². The summed E-state index contributed by atoms with van der Waals surface area (Å²) in [5.74, 6) is -2.37. The number of carbonyl (C=O) groups is 2. The minimum absolute atomic E-state index is 0.0163. The molecular weight excluding hydrogens is 349 g/mol. The number of hydrogen-bond donors (Lipinski definition) is 2. The zero-order chi connectivity index (χ0) is 18.7. The third-order valence-electron chi connectivity index (χ3n) is 3.52. The average molecular weight is 363 g/mol. The van der Waals surface area contributed by atoms with Crippen LogP contribution in [0.15, 0.2) is 35.2 Å². The molecule has 130 valence electrons. The molecular formula is C16H14FN3O4S. The molecule has 7 nitrogen and oxygen atoms in total. The second-order valence-electron chi connectivity index (χ2n) is 5.09. The van der Waals surface area contributed by atoms with Crippen LogP contribution in [0.4, 0.5) is 15.8 Å². The quantitative estimate of drug-likeness (QED) is 0.481. The Hall–Kier alpha value is -2.94. The summed E-state index contributed by atoms with van der Waals surface area (Å²) >= 11 is 1.32. The highest BCUT2D eigenvalue weighted by atomic mass is 32.2. The van der Waals surface area contributed by atoms with Crippen LogP contribution in [-0.2, 0) is 0 Å². The van der Waals surface area contributed by atoms with E-state index in [-0.39, 0.29) is 28.1 Å². The molecule has 0 fully saturated rings. The molecule has 2 aromatic carbocycles. The zero-order valence-electron chi connectivity index (χ0n) is 13.3. The third-order valence-corrected chi connectivity index (χ3v) is 4.25. The van der Waals surface area contributed by atoms with Crippen molar-refractivity contribution in [3.8, 4) is 0 Å². The van der Waals surface area contributed by atoms with E-state index in [9.17, 15) is 24.1 Å². The number of nitrogens with one attached hydrogen (secondary N) is 1. The van der Waals surface area contributed by atoms with E-state index in [0.717, 1.165) is 6.07 Å². The number of primary amides is 1. The third kappa shape index (κ3) is 3.94. The van der Waals surface area contributed by atoms with Crippen molar-refractivity contribution in [1.82, 2.24) is 0 Å². The number of thioether (sulfide) groups is 1. The van der Waals surface area contributed by atoms with Crippen LogP contribution in [0.3, 0.4) is 0 Å². The van der Waals surface area contributed by atoms with Gasteiger partial charge in [-0.05, 0) is 37.4 Å². The number of amides is 2. The summed E-state index contributed by atoms with van der Waals surface area (Å²) in [7, 11) is 0. The molecule has 25 heavy (non-hydrogen) atoms. The fourth-order valence-electron chi connectivity index (χ4n) is 2.12. The summed E-state index contributed by atoms with van der Waals surface area (Å²) in [5.41, 5.74) is 4.58. The first-order valence-electron chi connectivity index (χ1n) is 6.98. The molecule has 0 spiro atoms. The van der Waals surface area contributed by atoms with Crippen LogP contribution in [-0.4, -0.2) is 23.0 Å². The number of anilines is 1. The van der Waals surface area contributed by atoms with E-state index in [1.165, 1.54) is 43.0 Å². The Kier molecular flexibility index (Phi) is 5.38. The Morgan fingerprint density at radius 2 is 1.96 bits per heavy atom. The first-order chi connectivity index (χ1) is 11.7. The number of rotatable bonds is 5. The van der Waals surface area contributed by atoms with E-state index in [2.05, 4.69) is 5.32 Å². The van der Waals surface area contributed by atoms with Crippen LogP contribution in [0.5, 0.6) is 0 Å². The molecule has 2 aromatic rings. The minimum atomic E-state index is -0.857. The Balaban J connectivity index is 2.47. The number of nitrogens with zero attached hydrogens (tertiary/aromatic N) is 1. The van der Waals surface area contributed by atoms with E-state index in [0.29, 0.717) is 4.90 Å². The van der Waals surface area contributed by atoms with Crippen LogP contribution in [0.1, 0.15) is 26.3 Å². The predicted molar refractivity (Wildman–Crippen MR) is 92.5 cm³/mol. The molecule has 0 aromatic heterocycles. The van der Waals surface area contributed by atoms with Gasteiger partial charge in [0.1, 0.15) is 11.4 Å². The highest BCUT2D eigenvalue weighted by molar-refractivity contribution is 7.98. The van der Waals surface area contributed by atoms with Crippen molar-refractivity contribution in [2.75, 3.05) is 11.6 Å². The number of nitro groups is 1. The lowest BCUT2D eigenvalue weighted by Crippen LogP contribution is -2.17. The van der Waals surface area contributed by atoms with Gasteiger partial charge in [0.25, 0.3) is 11.6 Å². The Bertz CT molecular complexity index is 886. The maximum atomic E-state index is 13.9. The lowest BCUT2D eigenvalue weighted by atomic mass is 10.1. The predicted octanol–water partition coefficient (Wildman–Crippen LogP) is 3.12. The van der Waals surface area contributed by atoms with E-state index in [1.807, 2.05) is 0 Å². The first-order valence-corrected chi connectivity index (χ1v) is 8.20. The monoisotopic (exact) mass is 363 g/mol. The molecule has 0 radical (unpaired) electrons. The fraction of sp³-hybridized carbons (Fsp3) is 0.125. The van der Waals surface area contributed by atoms with E-state index >= 15 is 0 Å². The van der Waals surface area contributed by atoms with Gasteiger partial charge < -0.3 is 11.1 Å². The first kappa shape index (κ1) is 18.4. The lowest BCUT2D eigenvalue weighted by Gasteiger charge is -2.11. The fourth-order valence-corrected chi connectivity index (χ4v) is 2.56. The molecule has 0 heterocycles. The van der Waals surface area contributed by atoms with Crippen molar-refractivity contribution < 1.29 is 18.9 Å². The van der Waals surface area contributed by atoms with E-state index in [4.69, 9.17) is 5.73 Å². The molecule has 3 N–H and O–H groups in total. The second-order valence-corrected chi connectivity index (χ2v) is 5.97. The molecule has 2 amide bonds. The molecule has 2 rings (SSSR count). The van der Waals surface area contributed by atoms with Crippen molar-refractivity contribution in [3.63, 3.8) is 0 Å². The van der Waals surface area contributed by atoms with Gasteiger partial charge in [-0.15, -0.1) is 11.8 Å². The van der Waals surface area contributed by atoms with Crippen LogP contribution < -0.4 is 11.1 Å². The molecule has 0 aliphatic heterocycles. The molecule has 0 bridgehead atoms. The van der Waals surface area contributed by atoms with Crippen LogP contribution in [0.25, 0.3) is 0 Å². The Morgan fingerprint density at radius 3 is 2.52 bits per heavy atom. The summed E-state index contributed by atoms with van der Waals surface area (Å²) in [5, 5.41) is 13.5. The largest absolute Gasteiger partial charge is 0.366 e. The van der Waals surface area contributed by atoms with Gasteiger partial charge in [0.15, 0.2) is 0 Å². The van der Waals surface area contributed by atoms with Crippen molar-refractivity contribution in [2.45, 2.75) is 11.8 Å². The normalized spacial score (nSPS) is 10.4. The van der Waals surface area contributed by atoms with Gasteiger partial charge in [0, 0.05) is 27.8 Å². The summed E-state index contributed by atoms with van der Waals surface area (Å²) < 4.78 is 13.9. The molecule has 0 aliphatic rings. The molecule has 0 aliphatic carbocycles. The minimum Gasteiger partial charge on any atom is -0.366 e. The van der Waals surface area contributed by atoms with Gasteiger partial charge >= 0.3 is 0 Å². The van der Waals surface area contributed by atoms with Gasteiger partial charge in [-0.3, -0.25) is 19.7 Å². The number of nitrogens with two attached hydrogens (primary N) is 1. The summed E-state index contributed by atoms with van der Waals surface area (Å²) in [6.07, 6.45) is 1.76. The molecule has 9 heteroatoms. The van der Waals surface area contributed by atoms with Gasteiger partial charge in [0.2, 0.25) is 5.91 Å². The summed E-state index contributed by atoms with van der Waals surface area (Å²) in [6.45, 7) is 1.41. The highest BCUT2D eigenvalue weighted by Gasteiger charge is 2.22. The average Bonchev–Trinajstić information content (AvgIpc) is 2.57. The number of hydrogen-bond acceptors (Lipinski definition) is 5. The summed E-state index contributed by atoms with van der Waals surface area (Å²) in [6, 6.07) is 6.32. The van der Waals surface area contributed by atoms with Gasteiger partial charge in [-0.1, -0.05) is 0 Å². The Morgan fingerprint density at radius 1 is 1.28 bits per heavy atom. The van der Waals surface area contributed by atoms with Crippen molar-refractivity contribution >= 4 is 35.0 Å². The van der Waals surface area contributed by atoms with Crippen molar-refractivity contribution in [3.05, 3.63) is 63.0 Å². The van der Waals surface area contributed by atoms with Gasteiger partial charge in [-0.2, -0.15) is 0 Å². The van der Waals surface area contributed by atoms with Crippen LogP contribution in [0.2, 0.25) is 0 Å². The Labute approximate surface area is 146 Å². The number of benzene rings is 2. The lowest BCUT2D eigenvalue weighted by molar-refractivity contribution is -0.385.